The lowest BCUT2D eigenvalue weighted by Crippen LogP contribution is -2.24. The molecule has 0 bridgehead atoms. The zero-order valence-corrected chi connectivity index (χ0v) is 10.6. The third-order valence-corrected chi connectivity index (χ3v) is 3.19. The van der Waals surface area contributed by atoms with Gasteiger partial charge in [0.05, 0.1) is 0 Å². The fourth-order valence-electron chi connectivity index (χ4n) is 1.92. The van der Waals surface area contributed by atoms with Crippen LogP contribution in [0.25, 0.3) is 0 Å². The number of benzene rings is 1. The van der Waals surface area contributed by atoms with Gasteiger partial charge in [0.2, 0.25) is 0 Å². The van der Waals surface area contributed by atoms with Gasteiger partial charge in [-0.05, 0) is 43.2 Å². The number of rotatable bonds is 2. The highest BCUT2D eigenvalue weighted by Crippen LogP contribution is 2.31. The second kappa shape index (κ2) is 4.47. The van der Waals surface area contributed by atoms with Crippen LogP contribution in [-0.4, -0.2) is 10.1 Å². The van der Waals surface area contributed by atoms with Crippen LogP contribution in [-0.2, 0) is 5.60 Å². The third-order valence-electron chi connectivity index (χ3n) is 2.95. The molecule has 17 heavy (non-hydrogen) atoms. The maximum Gasteiger partial charge on any atom is 0.114 e. The molecular weight excluding hydrogens is 234 g/mol. The summed E-state index contributed by atoms with van der Waals surface area (Å²) in [5, 5.41) is 11.3. The molecule has 0 saturated heterocycles. The van der Waals surface area contributed by atoms with Gasteiger partial charge >= 0.3 is 0 Å². The fraction of sp³-hybridized carbons (Fsp3) is 0.214. The molecule has 1 heterocycles. The van der Waals surface area contributed by atoms with Crippen LogP contribution in [0.3, 0.4) is 0 Å². The van der Waals surface area contributed by atoms with Gasteiger partial charge in [0.1, 0.15) is 5.60 Å². The first-order chi connectivity index (χ1) is 8.01. The Hall–Kier alpha value is -1.38. The molecule has 0 spiro atoms. The number of halogens is 1. The fourth-order valence-corrected chi connectivity index (χ4v) is 2.11. The molecule has 0 aliphatic rings. The van der Waals surface area contributed by atoms with Gasteiger partial charge in [-0.15, -0.1) is 0 Å². The highest BCUT2D eigenvalue weighted by atomic mass is 35.5. The zero-order valence-electron chi connectivity index (χ0n) is 9.81. The summed E-state index contributed by atoms with van der Waals surface area (Å²) >= 11 is 5.95. The number of pyridine rings is 1. The highest BCUT2D eigenvalue weighted by molar-refractivity contribution is 6.30. The van der Waals surface area contributed by atoms with Crippen LogP contribution in [0.5, 0.6) is 0 Å². The van der Waals surface area contributed by atoms with E-state index in [4.69, 9.17) is 11.6 Å². The Bertz CT molecular complexity index is 537. The van der Waals surface area contributed by atoms with Crippen LogP contribution in [0, 0.1) is 6.92 Å². The van der Waals surface area contributed by atoms with E-state index in [1.54, 1.807) is 31.5 Å². The van der Waals surface area contributed by atoms with Gasteiger partial charge in [-0.25, -0.2) is 0 Å². The summed E-state index contributed by atoms with van der Waals surface area (Å²) in [7, 11) is 0. The molecule has 0 radical (unpaired) electrons. The van der Waals surface area contributed by atoms with E-state index in [2.05, 4.69) is 4.98 Å². The zero-order chi connectivity index (χ0) is 12.5. The topological polar surface area (TPSA) is 33.1 Å². The first-order valence-electron chi connectivity index (χ1n) is 5.41. The summed E-state index contributed by atoms with van der Waals surface area (Å²) < 4.78 is 0. The second-order valence-corrected chi connectivity index (χ2v) is 4.71. The van der Waals surface area contributed by atoms with E-state index in [1.165, 1.54) is 0 Å². The van der Waals surface area contributed by atoms with Crippen LogP contribution in [0.4, 0.5) is 0 Å². The van der Waals surface area contributed by atoms with E-state index in [0.717, 1.165) is 16.7 Å². The lowest BCUT2D eigenvalue weighted by molar-refractivity contribution is 0.101. The Kier molecular flexibility index (Phi) is 3.18. The van der Waals surface area contributed by atoms with Crippen molar-refractivity contribution in [3.05, 3.63) is 64.4 Å². The summed E-state index contributed by atoms with van der Waals surface area (Å²) in [6, 6.07) is 9.13. The summed E-state index contributed by atoms with van der Waals surface area (Å²) in [5.74, 6) is 0. The van der Waals surface area contributed by atoms with Crippen molar-refractivity contribution in [2.45, 2.75) is 19.4 Å². The monoisotopic (exact) mass is 247 g/mol. The molecule has 0 aliphatic heterocycles. The minimum absolute atomic E-state index is 0.615. The van der Waals surface area contributed by atoms with Crippen molar-refractivity contribution in [2.75, 3.05) is 0 Å². The molecule has 0 fully saturated rings. The van der Waals surface area contributed by atoms with Gasteiger partial charge in [-0.2, -0.15) is 0 Å². The summed E-state index contributed by atoms with van der Waals surface area (Å²) in [6.45, 7) is 3.71. The van der Waals surface area contributed by atoms with E-state index in [0.29, 0.717) is 5.02 Å². The van der Waals surface area contributed by atoms with Gasteiger partial charge in [-0.3, -0.25) is 4.98 Å². The van der Waals surface area contributed by atoms with Gasteiger partial charge in [-0.1, -0.05) is 23.7 Å². The van der Waals surface area contributed by atoms with E-state index in [9.17, 15) is 5.11 Å². The third kappa shape index (κ3) is 2.33. The lowest BCUT2D eigenvalue weighted by Gasteiger charge is -2.25. The first-order valence-corrected chi connectivity index (χ1v) is 5.79. The van der Waals surface area contributed by atoms with Gasteiger partial charge in [0, 0.05) is 23.0 Å². The molecule has 1 aromatic heterocycles. The van der Waals surface area contributed by atoms with Crippen molar-refractivity contribution < 1.29 is 5.11 Å². The molecule has 0 amide bonds. The number of nitrogens with zero attached hydrogens (tertiary/aromatic N) is 1. The van der Waals surface area contributed by atoms with E-state index < -0.39 is 5.60 Å². The maximum absolute atomic E-state index is 10.7. The molecule has 1 aromatic carbocycles. The number of hydrogen-bond acceptors (Lipinski definition) is 2. The van der Waals surface area contributed by atoms with Crippen molar-refractivity contribution in [2.24, 2.45) is 0 Å². The van der Waals surface area contributed by atoms with Gasteiger partial charge in [0.15, 0.2) is 0 Å². The molecular formula is C14H14ClNO. The Morgan fingerprint density at radius 3 is 2.71 bits per heavy atom. The van der Waals surface area contributed by atoms with Crippen molar-refractivity contribution >= 4 is 11.6 Å². The van der Waals surface area contributed by atoms with Crippen LogP contribution in [0.2, 0.25) is 5.02 Å². The van der Waals surface area contributed by atoms with Crippen molar-refractivity contribution in [3.63, 3.8) is 0 Å². The molecule has 2 nitrogen and oxygen atoms in total. The minimum Gasteiger partial charge on any atom is -0.381 e. The standard InChI is InChI=1S/C14H14ClNO/c1-10-6-7-16-9-13(10)14(2,17)11-4-3-5-12(15)8-11/h3-9,17H,1-2H3. The molecule has 2 aromatic rings. The van der Waals surface area contributed by atoms with Crippen LogP contribution < -0.4 is 0 Å². The smallest absolute Gasteiger partial charge is 0.114 e. The summed E-state index contributed by atoms with van der Waals surface area (Å²) in [6.07, 6.45) is 3.41. The predicted molar refractivity (Wildman–Crippen MR) is 69.1 cm³/mol. The second-order valence-electron chi connectivity index (χ2n) is 4.27. The van der Waals surface area contributed by atoms with Crippen LogP contribution in [0.15, 0.2) is 42.7 Å². The molecule has 3 heteroatoms. The van der Waals surface area contributed by atoms with Crippen molar-refractivity contribution in [3.8, 4) is 0 Å². The van der Waals surface area contributed by atoms with Crippen molar-refractivity contribution in [1.29, 1.82) is 0 Å². The maximum atomic E-state index is 10.7. The van der Waals surface area contributed by atoms with E-state index in [-0.39, 0.29) is 0 Å². The van der Waals surface area contributed by atoms with E-state index in [1.807, 2.05) is 25.1 Å². The van der Waals surface area contributed by atoms with Gasteiger partial charge in [0.25, 0.3) is 0 Å². The quantitative estimate of drug-likeness (QED) is 0.883. The number of aromatic nitrogens is 1. The molecule has 1 atom stereocenters. The predicted octanol–water partition coefficient (Wildman–Crippen LogP) is 3.30. The number of hydrogen-bond donors (Lipinski definition) is 1. The summed E-state index contributed by atoms with van der Waals surface area (Å²) in [5.41, 5.74) is 1.48. The molecule has 1 N–H and O–H groups in total. The SMILES string of the molecule is Cc1ccncc1C(C)(O)c1cccc(Cl)c1. The average Bonchev–Trinajstić information content (AvgIpc) is 2.29. The first kappa shape index (κ1) is 12.1. The Balaban J connectivity index is 2.53. The Labute approximate surface area is 106 Å². The van der Waals surface area contributed by atoms with E-state index >= 15 is 0 Å². The number of aliphatic hydroxyl groups is 1. The minimum atomic E-state index is -1.08. The Morgan fingerprint density at radius 1 is 1.29 bits per heavy atom. The normalized spacial score (nSPS) is 14.4. The highest BCUT2D eigenvalue weighted by Gasteiger charge is 2.27. The molecule has 1 unspecified atom stereocenters. The molecule has 2 rings (SSSR count). The average molecular weight is 248 g/mol. The Morgan fingerprint density at radius 2 is 2.06 bits per heavy atom. The molecule has 0 aliphatic carbocycles. The lowest BCUT2D eigenvalue weighted by atomic mass is 9.87. The largest absolute Gasteiger partial charge is 0.381 e. The molecule has 0 saturated carbocycles. The van der Waals surface area contributed by atoms with Gasteiger partial charge < -0.3 is 5.11 Å². The molecule has 88 valence electrons. The number of aryl methyl sites for hydroxylation is 1. The summed E-state index contributed by atoms with van der Waals surface area (Å²) in [4.78, 5) is 4.07. The van der Waals surface area contributed by atoms with Crippen LogP contribution in [0.1, 0.15) is 23.6 Å². The van der Waals surface area contributed by atoms with Crippen molar-refractivity contribution in [1.82, 2.24) is 4.98 Å². The van der Waals surface area contributed by atoms with Crippen LogP contribution >= 0.6 is 11.6 Å².